The van der Waals surface area contributed by atoms with Crippen molar-refractivity contribution in [1.82, 2.24) is 4.72 Å². The zero-order valence-corrected chi connectivity index (χ0v) is 11.0. The van der Waals surface area contributed by atoms with Gasteiger partial charge < -0.3 is 5.32 Å². The molecule has 0 radical (unpaired) electrons. The number of carbonyl (C=O) groups excluding carboxylic acids is 1. The predicted octanol–water partition coefficient (Wildman–Crippen LogP) is 1.01. The Balaban J connectivity index is 2.10. The van der Waals surface area contributed by atoms with Crippen molar-refractivity contribution in [2.45, 2.75) is 26.3 Å². The van der Waals surface area contributed by atoms with Crippen LogP contribution in [0.3, 0.4) is 0 Å². The maximum Gasteiger partial charge on any atom is 0.224 e. The van der Waals surface area contributed by atoms with E-state index in [4.69, 9.17) is 0 Å². The van der Waals surface area contributed by atoms with E-state index < -0.39 is 10.0 Å². The minimum Gasteiger partial charge on any atom is -0.326 e. The fraction of sp³-hybridized carbons (Fsp3) is 0.417. The predicted molar refractivity (Wildman–Crippen MR) is 69.7 cm³/mol. The van der Waals surface area contributed by atoms with Gasteiger partial charge in [0.1, 0.15) is 0 Å². The quantitative estimate of drug-likeness (QED) is 0.855. The fourth-order valence-corrected chi connectivity index (χ4v) is 2.43. The molecule has 0 saturated heterocycles. The third-order valence-corrected chi connectivity index (χ3v) is 4.29. The number of aryl methyl sites for hydroxylation is 1. The van der Waals surface area contributed by atoms with Crippen LogP contribution in [0.5, 0.6) is 0 Å². The molecule has 0 atom stereocenters. The van der Waals surface area contributed by atoms with Gasteiger partial charge in [0.2, 0.25) is 15.9 Å². The summed E-state index contributed by atoms with van der Waals surface area (Å²) >= 11 is 0. The van der Waals surface area contributed by atoms with Gasteiger partial charge in [-0.2, -0.15) is 0 Å². The van der Waals surface area contributed by atoms with Gasteiger partial charge in [0, 0.05) is 18.7 Å². The van der Waals surface area contributed by atoms with Crippen molar-refractivity contribution in [2.24, 2.45) is 0 Å². The van der Waals surface area contributed by atoms with E-state index in [0.29, 0.717) is 12.8 Å². The molecule has 0 fully saturated rings. The standard InChI is InChI=1S/C12H16N2O3S/c1-2-18(16,17)13-8-9-3-5-11-10(7-9)4-6-12(15)14-11/h3,5,7,13H,2,4,6,8H2,1H3,(H,14,15). The van der Waals surface area contributed by atoms with Crippen LogP contribution in [0.25, 0.3) is 0 Å². The van der Waals surface area contributed by atoms with E-state index >= 15 is 0 Å². The van der Waals surface area contributed by atoms with Crippen molar-refractivity contribution in [1.29, 1.82) is 0 Å². The number of nitrogens with one attached hydrogen (secondary N) is 2. The fourth-order valence-electron chi connectivity index (χ4n) is 1.84. The van der Waals surface area contributed by atoms with Crippen LogP contribution in [-0.4, -0.2) is 20.1 Å². The van der Waals surface area contributed by atoms with Crippen LogP contribution in [0.4, 0.5) is 5.69 Å². The minimum absolute atomic E-state index is 0.0296. The first kappa shape index (κ1) is 13.0. The van der Waals surface area contributed by atoms with E-state index in [1.807, 2.05) is 18.2 Å². The maximum atomic E-state index is 11.3. The Morgan fingerprint density at radius 1 is 1.33 bits per heavy atom. The molecule has 2 rings (SSSR count). The molecule has 0 bridgehead atoms. The normalized spacial score (nSPS) is 15.1. The Labute approximate surface area is 107 Å². The highest BCUT2D eigenvalue weighted by Crippen LogP contribution is 2.23. The highest BCUT2D eigenvalue weighted by molar-refractivity contribution is 7.89. The van der Waals surface area contributed by atoms with E-state index in [-0.39, 0.29) is 18.2 Å². The van der Waals surface area contributed by atoms with Gasteiger partial charge in [-0.1, -0.05) is 12.1 Å². The van der Waals surface area contributed by atoms with Gasteiger partial charge in [-0.05, 0) is 30.5 Å². The molecule has 0 saturated carbocycles. The van der Waals surface area contributed by atoms with Crippen molar-refractivity contribution >= 4 is 21.6 Å². The maximum absolute atomic E-state index is 11.3. The Hall–Kier alpha value is -1.40. The molecule has 1 aliphatic rings. The summed E-state index contributed by atoms with van der Waals surface area (Å²) in [4.78, 5) is 11.2. The first-order chi connectivity index (χ1) is 8.50. The summed E-state index contributed by atoms with van der Waals surface area (Å²) in [6.45, 7) is 1.89. The van der Waals surface area contributed by atoms with Crippen molar-refractivity contribution in [2.75, 3.05) is 11.1 Å². The number of hydrogen-bond donors (Lipinski definition) is 2. The van der Waals surface area contributed by atoms with Gasteiger partial charge in [0.25, 0.3) is 0 Å². The summed E-state index contributed by atoms with van der Waals surface area (Å²) in [5.74, 6) is 0.107. The summed E-state index contributed by atoms with van der Waals surface area (Å²) in [6.07, 6.45) is 1.19. The van der Waals surface area contributed by atoms with E-state index in [1.54, 1.807) is 6.92 Å². The van der Waals surface area contributed by atoms with Crippen molar-refractivity contribution in [3.8, 4) is 0 Å². The van der Waals surface area contributed by atoms with Gasteiger partial charge in [0.15, 0.2) is 0 Å². The molecule has 6 heteroatoms. The minimum atomic E-state index is -3.17. The molecule has 0 aromatic heterocycles. The molecular weight excluding hydrogens is 252 g/mol. The summed E-state index contributed by atoms with van der Waals surface area (Å²) < 4.78 is 25.2. The van der Waals surface area contributed by atoms with E-state index in [9.17, 15) is 13.2 Å². The Kier molecular flexibility index (Phi) is 3.68. The van der Waals surface area contributed by atoms with E-state index in [2.05, 4.69) is 10.0 Å². The number of hydrogen-bond acceptors (Lipinski definition) is 3. The van der Waals surface area contributed by atoms with Crippen LogP contribution in [-0.2, 0) is 27.8 Å². The number of fused-ring (bicyclic) bond motifs is 1. The third-order valence-electron chi connectivity index (χ3n) is 2.94. The first-order valence-corrected chi connectivity index (χ1v) is 7.54. The molecule has 98 valence electrons. The second-order valence-corrected chi connectivity index (χ2v) is 6.36. The van der Waals surface area contributed by atoms with Crippen LogP contribution in [0.2, 0.25) is 0 Å². The topological polar surface area (TPSA) is 75.3 Å². The smallest absolute Gasteiger partial charge is 0.224 e. The lowest BCUT2D eigenvalue weighted by Gasteiger charge is -2.17. The van der Waals surface area contributed by atoms with Crippen molar-refractivity contribution in [3.63, 3.8) is 0 Å². The van der Waals surface area contributed by atoms with Crippen LogP contribution in [0.15, 0.2) is 18.2 Å². The second kappa shape index (κ2) is 5.07. The molecule has 0 spiro atoms. The lowest BCUT2D eigenvalue weighted by Crippen LogP contribution is -2.25. The van der Waals surface area contributed by atoms with Gasteiger partial charge in [0.05, 0.1) is 5.75 Å². The van der Waals surface area contributed by atoms with Crippen LogP contribution >= 0.6 is 0 Å². The molecule has 18 heavy (non-hydrogen) atoms. The molecular formula is C12H16N2O3S. The highest BCUT2D eigenvalue weighted by atomic mass is 32.2. The molecule has 1 aromatic carbocycles. The zero-order chi connectivity index (χ0) is 13.2. The highest BCUT2D eigenvalue weighted by Gasteiger charge is 2.15. The van der Waals surface area contributed by atoms with Gasteiger partial charge in [-0.3, -0.25) is 4.79 Å². The molecule has 5 nitrogen and oxygen atoms in total. The molecule has 1 amide bonds. The lowest BCUT2D eigenvalue weighted by atomic mass is 10.0. The van der Waals surface area contributed by atoms with Gasteiger partial charge >= 0.3 is 0 Å². The first-order valence-electron chi connectivity index (χ1n) is 5.89. The SMILES string of the molecule is CCS(=O)(=O)NCc1ccc2c(c1)CCC(=O)N2. The van der Waals surface area contributed by atoms with Crippen molar-refractivity contribution < 1.29 is 13.2 Å². The van der Waals surface area contributed by atoms with E-state index in [1.165, 1.54) is 0 Å². The molecule has 1 aliphatic heterocycles. The number of carbonyl (C=O) groups is 1. The Morgan fingerprint density at radius 2 is 2.11 bits per heavy atom. The molecule has 0 aliphatic carbocycles. The average molecular weight is 268 g/mol. The van der Waals surface area contributed by atoms with Crippen LogP contribution in [0.1, 0.15) is 24.5 Å². The summed E-state index contributed by atoms with van der Waals surface area (Å²) in [5.41, 5.74) is 2.79. The third kappa shape index (κ3) is 3.08. The number of sulfonamides is 1. The van der Waals surface area contributed by atoms with Gasteiger partial charge in [-0.15, -0.1) is 0 Å². The number of amides is 1. The molecule has 2 N–H and O–H groups in total. The Morgan fingerprint density at radius 3 is 2.83 bits per heavy atom. The average Bonchev–Trinajstić information content (AvgIpc) is 2.36. The van der Waals surface area contributed by atoms with Gasteiger partial charge in [-0.25, -0.2) is 13.1 Å². The molecule has 1 heterocycles. The number of anilines is 1. The van der Waals surface area contributed by atoms with Crippen LogP contribution in [0, 0.1) is 0 Å². The molecule has 1 aromatic rings. The summed E-state index contributed by atoms with van der Waals surface area (Å²) in [6, 6.07) is 5.58. The Bertz CT molecular complexity index is 567. The molecule has 0 unspecified atom stereocenters. The zero-order valence-electron chi connectivity index (χ0n) is 10.2. The summed E-state index contributed by atoms with van der Waals surface area (Å²) in [5, 5.41) is 2.79. The van der Waals surface area contributed by atoms with E-state index in [0.717, 1.165) is 16.8 Å². The number of rotatable bonds is 4. The monoisotopic (exact) mass is 268 g/mol. The second-order valence-electron chi connectivity index (χ2n) is 4.26. The largest absolute Gasteiger partial charge is 0.326 e. The van der Waals surface area contributed by atoms with Crippen molar-refractivity contribution in [3.05, 3.63) is 29.3 Å². The number of benzene rings is 1. The lowest BCUT2D eigenvalue weighted by molar-refractivity contribution is -0.116. The van der Waals surface area contributed by atoms with Crippen LogP contribution < -0.4 is 10.0 Å². The summed E-state index contributed by atoms with van der Waals surface area (Å²) in [7, 11) is -3.17.